The highest BCUT2D eigenvalue weighted by Crippen LogP contribution is 2.46. The molecule has 0 saturated carbocycles. The van der Waals surface area contributed by atoms with Gasteiger partial charge in [-0.1, -0.05) is 53.2 Å². The molecule has 29 heavy (non-hydrogen) atoms. The van der Waals surface area contributed by atoms with Crippen molar-refractivity contribution in [3.05, 3.63) is 58.0 Å². The summed E-state index contributed by atoms with van der Waals surface area (Å²) in [4.78, 5) is 14.3. The molecule has 0 atom stereocenters. The van der Waals surface area contributed by atoms with Crippen LogP contribution < -0.4 is 0 Å². The Hall–Kier alpha value is -2.03. The van der Waals surface area contributed by atoms with E-state index in [1.54, 1.807) is 4.90 Å². The molecule has 0 aliphatic heterocycles. The summed E-state index contributed by atoms with van der Waals surface area (Å²) in [6.45, 7) is 14.5. The maximum Gasteiger partial charge on any atom is 0.289 e. The lowest BCUT2D eigenvalue weighted by atomic mass is 9.62. The number of aryl methyl sites for hydroxylation is 1. The van der Waals surface area contributed by atoms with Crippen LogP contribution in [-0.2, 0) is 17.3 Å². The quantitative estimate of drug-likeness (QED) is 0.567. The van der Waals surface area contributed by atoms with Crippen molar-refractivity contribution in [3.8, 4) is 0 Å². The highest BCUT2D eigenvalue weighted by molar-refractivity contribution is 5.91. The molecule has 3 nitrogen and oxygen atoms in total. The highest BCUT2D eigenvalue weighted by atomic mass is 16.4. The molecule has 3 rings (SSSR count). The van der Waals surface area contributed by atoms with E-state index in [4.69, 9.17) is 4.42 Å². The van der Waals surface area contributed by atoms with Gasteiger partial charge in [0, 0.05) is 20.0 Å². The summed E-state index contributed by atoms with van der Waals surface area (Å²) in [5.74, 6) is 1.26. The van der Waals surface area contributed by atoms with Gasteiger partial charge in [0.2, 0.25) is 0 Å². The van der Waals surface area contributed by atoms with Gasteiger partial charge in [-0.05, 0) is 71.4 Å². The third-order valence-electron chi connectivity index (χ3n) is 6.74. The normalized spacial score (nSPS) is 17.1. The van der Waals surface area contributed by atoms with Crippen LogP contribution in [0.1, 0.15) is 98.9 Å². The van der Waals surface area contributed by atoms with Crippen LogP contribution >= 0.6 is 0 Å². The molecular weight excluding hydrogens is 358 g/mol. The monoisotopic (exact) mass is 395 g/mol. The van der Waals surface area contributed by atoms with Crippen molar-refractivity contribution in [2.24, 2.45) is 0 Å². The number of fused-ring (bicyclic) bond motifs is 1. The number of carbonyl (C=O) groups excluding carboxylic acids is 1. The van der Waals surface area contributed by atoms with E-state index in [0.29, 0.717) is 5.76 Å². The predicted octanol–water partition coefficient (Wildman–Crippen LogP) is 6.40. The second-order valence-electron chi connectivity index (χ2n) is 10.1. The van der Waals surface area contributed by atoms with Crippen LogP contribution in [0.5, 0.6) is 0 Å². The molecule has 0 N–H and O–H groups in total. The minimum absolute atomic E-state index is 0.0326. The second-order valence-corrected chi connectivity index (χ2v) is 10.1. The summed E-state index contributed by atoms with van der Waals surface area (Å²) < 4.78 is 5.95. The van der Waals surface area contributed by atoms with Crippen molar-refractivity contribution in [1.82, 2.24) is 4.90 Å². The zero-order chi connectivity index (χ0) is 21.4. The van der Waals surface area contributed by atoms with Crippen molar-refractivity contribution in [3.63, 3.8) is 0 Å². The highest BCUT2D eigenvalue weighted by Gasteiger charge is 2.37. The van der Waals surface area contributed by atoms with E-state index in [9.17, 15) is 4.79 Å². The zero-order valence-corrected chi connectivity index (χ0v) is 19.3. The Morgan fingerprint density at radius 1 is 1.07 bits per heavy atom. The first kappa shape index (κ1) is 21.7. The molecule has 1 amide bonds. The minimum atomic E-state index is -0.0326. The number of unbranched alkanes of at least 4 members (excludes halogenated alkanes) is 1. The Balaban J connectivity index is 1.85. The molecule has 158 valence electrons. The van der Waals surface area contributed by atoms with Gasteiger partial charge >= 0.3 is 0 Å². The first-order valence-electron chi connectivity index (χ1n) is 11.0. The average molecular weight is 396 g/mol. The van der Waals surface area contributed by atoms with E-state index in [1.165, 1.54) is 35.1 Å². The van der Waals surface area contributed by atoms with Crippen LogP contribution in [0.3, 0.4) is 0 Å². The van der Waals surface area contributed by atoms with Gasteiger partial charge < -0.3 is 9.32 Å². The van der Waals surface area contributed by atoms with Gasteiger partial charge in [0.05, 0.1) is 0 Å². The Labute approximate surface area is 176 Å². The summed E-state index contributed by atoms with van der Waals surface area (Å²) >= 11 is 0. The topological polar surface area (TPSA) is 33.5 Å². The Morgan fingerprint density at radius 2 is 1.69 bits per heavy atom. The van der Waals surface area contributed by atoms with E-state index in [-0.39, 0.29) is 16.7 Å². The molecule has 1 heterocycles. The van der Waals surface area contributed by atoms with Gasteiger partial charge in [-0.2, -0.15) is 0 Å². The van der Waals surface area contributed by atoms with Crippen LogP contribution in [-0.4, -0.2) is 24.4 Å². The summed E-state index contributed by atoms with van der Waals surface area (Å²) in [5.41, 5.74) is 5.97. The van der Waals surface area contributed by atoms with Gasteiger partial charge in [-0.15, -0.1) is 0 Å². The maximum absolute atomic E-state index is 12.6. The summed E-state index contributed by atoms with van der Waals surface area (Å²) in [6, 6.07) is 8.55. The molecule has 0 radical (unpaired) electrons. The molecule has 2 aromatic rings. The van der Waals surface area contributed by atoms with E-state index in [0.717, 1.165) is 31.6 Å². The van der Waals surface area contributed by atoms with Crippen LogP contribution in [0.25, 0.3) is 0 Å². The van der Waals surface area contributed by atoms with E-state index < -0.39 is 0 Å². The predicted molar refractivity (Wildman–Crippen MR) is 120 cm³/mol. The fourth-order valence-electron chi connectivity index (χ4n) is 4.42. The van der Waals surface area contributed by atoms with Crippen LogP contribution in [0.4, 0.5) is 0 Å². The van der Waals surface area contributed by atoms with Crippen molar-refractivity contribution >= 4 is 5.91 Å². The van der Waals surface area contributed by atoms with Gasteiger partial charge in [0.25, 0.3) is 5.91 Å². The molecule has 1 aromatic heterocycles. The molecule has 0 saturated heterocycles. The Bertz CT molecular complexity index is 888. The molecule has 1 aliphatic rings. The summed E-state index contributed by atoms with van der Waals surface area (Å²) in [7, 11) is 1.84. The number of rotatable bonds is 6. The number of amides is 1. The number of carbonyl (C=O) groups is 1. The largest absolute Gasteiger partial charge is 0.456 e. The van der Waals surface area contributed by atoms with Crippen LogP contribution in [0, 0.1) is 6.92 Å². The third-order valence-corrected chi connectivity index (χ3v) is 6.74. The molecule has 1 aliphatic carbocycles. The standard InChI is InChI=1S/C26H37NO2/c1-8-9-14-27(7)24(28)23-11-10-20(29-23)16-19-17-22-21(15-18(19)2)25(3,4)12-13-26(22,5)6/h10-11,15,17H,8-9,12-14,16H2,1-7H3. The van der Waals surface area contributed by atoms with E-state index >= 15 is 0 Å². The molecule has 0 unspecified atom stereocenters. The first-order chi connectivity index (χ1) is 13.5. The molecule has 3 heteroatoms. The number of furan rings is 1. The van der Waals surface area contributed by atoms with Gasteiger partial charge in [-0.3, -0.25) is 4.79 Å². The molecule has 0 bridgehead atoms. The maximum atomic E-state index is 12.6. The van der Waals surface area contributed by atoms with Crippen molar-refractivity contribution in [2.75, 3.05) is 13.6 Å². The van der Waals surface area contributed by atoms with Gasteiger partial charge in [0.1, 0.15) is 5.76 Å². The summed E-state index contributed by atoms with van der Waals surface area (Å²) in [5, 5.41) is 0. The smallest absolute Gasteiger partial charge is 0.289 e. The van der Waals surface area contributed by atoms with Gasteiger partial charge in [0.15, 0.2) is 5.76 Å². The van der Waals surface area contributed by atoms with Crippen LogP contribution in [0.15, 0.2) is 28.7 Å². The lowest BCUT2D eigenvalue weighted by molar-refractivity contribution is 0.0760. The number of benzene rings is 1. The average Bonchev–Trinajstić information content (AvgIpc) is 3.12. The molecule has 0 fully saturated rings. The Morgan fingerprint density at radius 3 is 2.31 bits per heavy atom. The van der Waals surface area contributed by atoms with Crippen LogP contribution in [0.2, 0.25) is 0 Å². The van der Waals surface area contributed by atoms with Gasteiger partial charge in [-0.25, -0.2) is 0 Å². The van der Waals surface area contributed by atoms with E-state index in [1.807, 2.05) is 19.2 Å². The number of hydrogen-bond acceptors (Lipinski definition) is 2. The van der Waals surface area contributed by atoms with Crippen molar-refractivity contribution in [1.29, 1.82) is 0 Å². The first-order valence-corrected chi connectivity index (χ1v) is 11.0. The van der Waals surface area contributed by atoms with E-state index in [2.05, 4.69) is 53.7 Å². The lowest BCUT2D eigenvalue weighted by Crippen LogP contribution is -2.34. The molecular formula is C26H37NO2. The van der Waals surface area contributed by atoms with Crippen molar-refractivity contribution < 1.29 is 9.21 Å². The number of nitrogens with zero attached hydrogens (tertiary/aromatic N) is 1. The minimum Gasteiger partial charge on any atom is -0.456 e. The summed E-state index contributed by atoms with van der Waals surface area (Å²) in [6.07, 6.45) is 5.24. The molecule has 1 aromatic carbocycles. The lowest BCUT2D eigenvalue weighted by Gasteiger charge is -2.42. The SMILES string of the molecule is CCCCN(C)C(=O)c1ccc(Cc2cc3c(cc2C)C(C)(C)CCC3(C)C)o1. The number of hydrogen-bond donors (Lipinski definition) is 0. The van der Waals surface area contributed by atoms with Crippen molar-refractivity contribution in [2.45, 2.75) is 84.5 Å². The second kappa shape index (κ2) is 8.01. The Kier molecular flexibility index (Phi) is 5.98. The molecule has 0 spiro atoms. The fourth-order valence-corrected chi connectivity index (χ4v) is 4.42. The zero-order valence-electron chi connectivity index (χ0n) is 19.3. The fraction of sp³-hybridized carbons (Fsp3) is 0.577. The third kappa shape index (κ3) is 4.44.